The molecule has 88 heavy (non-hydrogen) atoms. The van der Waals surface area contributed by atoms with Gasteiger partial charge in [-0.3, -0.25) is 4.79 Å². The van der Waals surface area contributed by atoms with Crippen LogP contribution < -0.4 is 5.32 Å². The van der Waals surface area contributed by atoms with Gasteiger partial charge in [-0.2, -0.15) is 0 Å². The average Bonchev–Trinajstić information content (AvgIpc) is 3.72. The third-order valence-corrected chi connectivity index (χ3v) is 17.0. The molecule has 3 aliphatic rings. The Balaban J connectivity index is 1.46. The first-order chi connectivity index (χ1) is 42.8. The van der Waals surface area contributed by atoms with E-state index < -0.39 is 124 Å². The van der Waals surface area contributed by atoms with Gasteiger partial charge in [-0.25, -0.2) is 0 Å². The van der Waals surface area contributed by atoms with Gasteiger partial charge in [0, 0.05) is 6.42 Å². The van der Waals surface area contributed by atoms with Crippen LogP contribution in [0.5, 0.6) is 0 Å². The largest absolute Gasteiger partial charge is 0.394 e. The maximum atomic E-state index is 13.4. The summed E-state index contributed by atoms with van der Waals surface area (Å²) in [5, 5.41) is 120. The highest BCUT2D eigenvalue weighted by Gasteiger charge is 2.53. The van der Waals surface area contributed by atoms with E-state index in [9.17, 15) is 61.0 Å². The zero-order chi connectivity index (χ0) is 64.0. The minimum atomic E-state index is -1.99. The summed E-state index contributed by atoms with van der Waals surface area (Å²) < 4.78 is 34.3. The SMILES string of the molecule is CCCCC/C=C\C/C=C\CCCCCCCCCC(=O)NC(COC1OC(CO)C(OC2OC(CO)C(OC3OC(CO)C(O)C(O)C3O)C(O)C2O)C(O)C1O)C(O)/C=C/CC/C=C/CC/C=C/CCCCCCCCCCCCCCCCCC. The number of aliphatic hydroxyl groups excluding tert-OH is 11. The zero-order valence-electron chi connectivity index (χ0n) is 53.9. The maximum Gasteiger partial charge on any atom is 0.220 e. The van der Waals surface area contributed by atoms with E-state index >= 15 is 0 Å². The van der Waals surface area contributed by atoms with Crippen molar-refractivity contribution in [2.45, 2.75) is 343 Å². The van der Waals surface area contributed by atoms with Gasteiger partial charge in [-0.1, -0.05) is 216 Å². The number of unbranched alkanes of at least 4 members (excludes halogenated alkanes) is 28. The zero-order valence-corrected chi connectivity index (χ0v) is 53.9. The Kier molecular flexibility index (Phi) is 46.2. The second-order valence-electron chi connectivity index (χ2n) is 24.6. The smallest absolute Gasteiger partial charge is 0.220 e. The van der Waals surface area contributed by atoms with Crippen LogP contribution in [0.4, 0.5) is 0 Å². The maximum absolute atomic E-state index is 13.4. The van der Waals surface area contributed by atoms with E-state index in [1.54, 1.807) is 6.08 Å². The summed E-state index contributed by atoms with van der Waals surface area (Å²) in [7, 11) is 0. The molecule has 0 spiro atoms. The first-order valence-corrected chi connectivity index (χ1v) is 34.5. The molecule has 3 aliphatic heterocycles. The van der Waals surface area contributed by atoms with E-state index in [1.165, 1.54) is 122 Å². The molecule has 3 saturated heterocycles. The van der Waals surface area contributed by atoms with Crippen molar-refractivity contribution in [3.8, 4) is 0 Å². The normalized spacial score (nSPS) is 28.8. The van der Waals surface area contributed by atoms with E-state index in [-0.39, 0.29) is 18.9 Å². The monoisotopic (exact) mass is 1250 g/mol. The van der Waals surface area contributed by atoms with Crippen molar-refractivity contribution in [2.24, 2.45) is 0 Å². The minimum Gasteiger partial charge on any atom is -0.394 e. The lowest BCUT2D eigenvalue weighted by molar-refractivity contribution is -0.379. The van der Waals surface area contributed by atoms with Gasteiger partial charge < -0.3 is 89.9 Å². The first kappa shape index (κ1) is 79.7. The van der Waals surface area contributed by atoms with Crippen LogP contribution in [0.3, 0.4) is 0 Å². The number of ether oxygens (including phenoxy) is 6. The molecule has 0 aromatic carbocycles. The molecule has 0 saturated carbocycles. The van der Waals surface area contributed by atoms with E-state index in [4.69, 9.17) is 28.4 Å². The van der Waals surface area contributed by atoms with Crippen molar-refractivity contribution in [1.82, 2.24) is 5.32 Å². The fraction of sp³-hybridized carbons (Fsp3) is 0.841. The number of rotatable bonds is 52. The topological polar surface area (TPSA) is 307 Å². The molecule has 3 rings (SSSR count). The molecule has 0 aliphatic carbocycles. The number of hydrogen-bond acceptors (Lipinski definition) is 18. The molecular formula is C69H123NO18. The van der Waals surface area contributed by atoms with Crippen LogP contribution in [-0.4, -0.2) is 193 Å². The number of carbonyl (C=O) groups is 1. The summed E-state index contributed by atoms with van der Waals surface area (Å²) in [6, 6.07) is -1.00. The number of carbonyl (C=O) groups excluding carboxylic acids is 1. The quantitative estimate of drug-likeness (QED) is 0.0200. The molecule has 1 amide bonds. The summed E-state index contributed by atoms with van der Waals surface area (Å²) >= 11 is 0. The Morgan fingerprint density at radius 2 is 0.761 bits per heavy atom. The lowest BCUT2D eigenvalue weighted by atomic mass is 9.96. The molecule has 0 bridgehead atoms. The van der Waals surface area contributed by atoms with Gasteiger partial charge in [-0.05, 0) is 77.0 Å². The lowest BCUT2D eigenvalue weighted by Crippen LogP contribution is -2.66. The Morgan fingerprint density at radius 3 is 1.23 bits per heavy atom. The fourth-order valence-electron chi connectivity index (χ4n) is 11.4. The Labute approximate surface area is 528 Å². The Hall–Kier alpha value is -2.51. The second-order valence-corrected chi connectivity index (χ2v) is 24.6. The molecule has 0 radical (unpaired) electrons. The number of aliphatic hydroxyl groups is 11. The summed E-state index contributed by atoms with van der Waals surface area (Å²) in [6.45, 7) is 1.68. The molecule has 19 heteroatoms. The summed E-state index contributed by atoms with van der Waals surface area (Å²) in [5.41, 5.74) is 0. The van der Waals surface area contributed by atoms with E-state index in [2.05, 4.69) is 67.8 Å². The molecule has 0 aromatic heterocycles. The Bertz CT molecular complexity index is 1830. The van der Waals surface area contributed by atoms with Crippen LogP contribution >= 0.6 is 0 Å². The Morgan fingerprint density at radius 1 is 0.409 bits per heavy atom. The van der Waals surface area contributed by atoms with E-state index in [1.807, 2.05) is 6.08 Å². The van der Waals surface area contributed by atoms with Gasteiger partial charge in [0.05, 0.1) is 38.6 Å². The highest BCUT2D eigenvalue weighted by molar-refractivity contribution is 5.76. The predicted molar refractivity (Wildman–Crippen MR) is 342 cm³/mol. The molecular weight excluding hydrogens is 1130 g/mol. The summed E-state index contributed by atoms with van der Waals surface area (Å²) in [6.07, 6.45) is 34.9. The van der Waals surface area contributed by atoms with Crippen molar-refractivity contribution in [3.63, 3.8) is 0 Å². The van der Waals surface area contributed by atoms with Gasteiger partial charge in [0.25, 0.3) is 0 Å². The van der Waals surface area contributed by atoms with Crippen LogP contribution in [0.15, 0.2) is 60.8 Å². The molecule has 12 N–H and O–H groups in total. The van der Waals surface area contributed by atoms with Gasteiger partial charge in [0.2, 0.25) is 5.91 Å². The van der Waals surface area contributed by atoms with Crippen molar-refractivity contribution in [2.75, 3.05) is 26.4 Å². The van der Waals surface area contributed by atoms with Gasteiger partial charge >= 0.3 is 0 Å². The van der Waals surface area contributed by atoms with E-state index in [0.717, 1.165) is 83.5 Å². The highest BCUT2D eigenvalue weighted by atomic mass is 16.8. The third-order valence-electron chi connectivity index (χ3n) is 17.0. The average molecular weight is 1250 g/mol. The van der Waals surface area contributed by atoms with Gasteiger partial charge in [-0.15, -0.1) is 0 Å². The summed E-state index contributed by atoms with van der Waals surface area (Å²) in [5.74, 6) is -0.298. The first-order valence-electron chi connectivity index (χ1n) is 34.5. The van der Waals surface area contributed by atoms with Crippen LogP contribution in [0.1, 0.15) is 239 Å². The molecule has 17 unspecified atom stereocenters. The number of hydrogen-bond donors (Lipinski definition) is 12. The third kappa shape index (κ3) is 32.9. The molecule has 3 heterocycles. The number of nitrogens with one attached hydrogen (secondary N) is 1. The van der Waals surface area contributed by atoms with Crippen LogP contribution in [-0.2, 0) is 33.2 Å². The van der Waals surface area contributed by atoms with Crippen molar-refractivity contribution >= 4 is 5.91 Å². The second kappa shape index (κ2) is 51.0. The van der Waals surface area contributed by atoms with Gasteiger partial charge in [0.15, 0.2) is 18.9 Å². The van der Waals surface area contributed by atoms with Crippen LogP contribution in [0, 0.1) is 0 Å². The molecule has 19 nitrogen and oxygen atoms in total. The van der Waals surface area contributed by atoms with Crippen LogP contribution in [0.25, 0.3) is 0 Å². The van der Waals surface area contributed by atoms with Gasteiger partial charge in [0.1, 0.15) is 73.2 Å². The van der Waals surface area contributed by atoms with Crippen LogP contribution in [0.2, 0.25) is 0 Å². The van der Waals surface area contributed by atoms with Crippen molar-refractivity contribution in [1.29, 1.82) is 0 Å². The number of amides is 1. The molecule has 3 fully saturated rings. The molecule has 17 atom stereocenters. The molecule has 512 valence electrons. The lowest BCUT2D eigenvalue weighted by Gasteiger charge is -2.48. The van der Waals surface area contributed by atoms with Crippen molar-refractivity contribution < 1.29 is 89.4 Å². The highest BCUT2D eigenvalue weighted by Crippen LogP contribution is 2.33. The van der Waals surface area contributed by atoms with Crippen molar-refractivity contribution in [3.05, 3.63) is 60.8 Å². The molecule has 0 aromatic rings. The standard InChI is InChI=1S/C69H123NO18/c1-3-5-7-9-11-13-15-17-19-21-22-23-24-25-26-27-28-29-31-32-34-36-38-40-42-44-46-53(74)52(70-57(75)47-45-43-41-39-37-35-33-30-20-18-16-14-12-10-8-6-4-2)51-83-67-63(81)60(78)65(55(49-72)85-67)88-69-64(82)61(79)66(56(50-73)86-69)87-68-62(80)59(77)58(76)54(48-71)84-68/h12,14,18,20,29,31,36,38,44,46,52-56,58-69,71-74,76-82H,3-11,13,15-17,19,21-28,30,32-35,37,39-43,45,47-51H2,1-2H3,(H,70,75)/b14-12-,20-18-,31-29+,38-36+,46-44+. The van der Waals surface area contributed by atoms with E-state index in [0.29, 0.717) is 12.8 Å². The number of allylic oxidation sites excluding steroid dienone is 9. The predicted octanol–water partition coefficient (Wildman–Crippen LogP) is 8.77. The fourth-order valence-corrected chi connectivity index (χ4v) is 11.4. The minimum absolute atomic E-state index is 0.221. The summed E-state index contributed by atoms with van der Waals surface area (Å²) in [4.78, 5) is 13.4.